The van der Waals surface area contributed by atoms with E-state index in [2.05, 4.69) is 42.0 Å². The lowest BCUT2D eigenvalue weighted by atomic mass is 9.78. The summed E-state index contributed by atoms with van der Waals surface area (Å²) < 4.78 is 3.01. The highest BCUT2D eigenvalue weighted by Gasteiger charge is 2.29. The molecule has 1 aliphatic carbocycles. The van der Waals surface area contributed by atoms with Crippen LogP contribution in [0.5, 0.6) is 0 Å². The van der Waals surface area contributed by atoms with Crippen LogP contribution in [-0.4, -0.2) is 16.5 Å². The molecule has 0 spiro atoms. The van der Waals surface area contributed by atoms with Crippen molar-refractivity contribution < 1.29 is 4.79 Å². The van der Waals surface area contributed by atoms with E-state index >= 15 is 0 Å². The van der Waals surface area contributed by atoms with Crippen LogP contribution in [0, 0.1) is 11.8 Å². The number of nitrogens with one attached hydrogen (secondary N) is 1. The number of carbonyl (C=O) groups excluding carboxylic acids is 1. The standard InChI is InChI=1S/C16H25BrN2O/c1-4-8-19-10-13(17)9-15(19)16(20)18-14-7-5-6-11(2)12(14)3/h9-12,14H,4-8H2,1-3H3,(H,18,20). The maximum absolute atomic E-state index is 12.5. The average molecular weight is 341 g/mol. The van der Waals surface area contributed by atoms with E-state index in [0.717, 1.165) is 29.6 Å². The van der Waals surface area contributed by atoms with Gasteiger partial charge in [0.1, 0.15) is 5.69 Å². The van der Waals surface area contributed by atoms with Crippen LogP contribution >= 0.6 is 15.9 Å². The molecule has 1 aromatic heterocycles. The number of rotatable bonds is 4. The van der Waals surface area contributed by atoms with Crippen molar-refractivity contribution in [1.29, 1.82) is 0 Å². The Balaban J connectivity index is 2.08. The van der Waals surface area contributed by atoms with Gasteiger partial charge in [0.25, 0.3) is 5.91 Å². The predicted molar refractivity (Wildman–Crippen MR) is 85.9 cm³/mol. The lowest BCUT2D eigenvalue weighted by molar-refractivity contribution is 0.0881. The van der Waals surface area contributed by atoms with Crippen molar-refractivity contribution in [3.63, 3.8) is 0 Å². The summed E-state index contributed by atoms with van der Waals surface area (Å²) in [7, 11) is 0. The third kappa shape index (κ3) is 3.46. The minimum absolute atomic E-state index is 0.0649. The third-order valence-corrected chi connectivity index (χ3v) is 5.02. The molecular weight excluding hydrogens is 316 g/mol. The Bertz CT molecular complexity index is 469. The molecule has 3 atom stereocenters. The number of aromatic nitrogens is 1. The molecule has 1 aliphatic rings. The molecule has 1 heterocycles. The summed E-state index contributed by atoms with van der Waals surface area (Å²) in [4.78, 5) is 12.5. The van der Waals surface area contributed by atoms with Crippen molar-refractivity contribution in [2.24, 2.45) is 11.8 Å². The van der Waals surface area contributed by atoms with Crippen LogP contribution in [0.15, 0.2) is 16.7 Å². The number of nitrogens with zero attached hydrogens (tertiary/aromatic N) is 1. The predicted octanol–water partition coefficient (Wildman–Crippen LogP) is 4.22. The minimum atomic E-state index is 0.0649. The minimum Gasteiger partial charge on any atom is -0.348 e. The van der Waals surface area contributed by atoms with E-state index in [-0.39, 0.29) is 5.91 Å². The molecule has 1 fully saturated rings. The van der Waals surface area contributed by atoms with E-state index in [1.807, 2.05) is 16.8 Å². The van der Waals surface area contributed by atoms with Gasteiger partial charge in [0.2, 0.25) is 0 Å². The van der Waals surface area contributed by atoms with Gasteiger partial charge < -0.3 is 9.88 Å². The number of hydrogen-bond donors (Lipinski definition) is 1. The van der Waals surface area contributed by atoms with Gasteiger partial charge in [-0.3, -0.25) is 4.79 Å². The van der Waals surface area contributed by atoms with Crippen LogP contribution in [0.25, 0.3) is 0 Å². The van der Waals surface area contributed by atoms with Gasteiger partial charge in [0.15, 0.2) is 0 Å². The fourth-order valence-corrected chi connectivity index (χ4v) is 3.58. The van der Waals surface area contributed by atoms with Crippen LogP contribution < -0.4 is 5.32 Å². The first kappa shape index (κ1) is 15.6. The molecule has 112 valence electrons. The highest BCUT2D eigenvalue weighted by Crippen LogP contribution is 2.29. The monoisotopic (exact) mass is 340 g/mol. The van der Waals surface area contributed by atoms with Crippen LogP contribution in [0.3, 0.4) is 0 Å². The largest absolute Gasteiger partial charge is 0.348 e. The molecule has 0 saturated heterocycles. The zero-order valence-electron chi connectivity index (χ0n) is 12.7. The molecule has 4 heteroatoms. The van der Waals surface area contributed by atoms with Crippen molar-refractivity contribution in [1.82, 2.24) is 9.88 Å². The van der Waals surface area contributed by atoms with Gasteiger partial charge in [-0.25, -0.2) is 0 Å². The molecule has 1 aromatic rings. The van der Waals surface area contributed by atoms with Crippen molar-refractivity contribution in [3.05, 3.63) is 22.4 Å². The molecule has 0 aliphatic heterocycles. The SMILES string of the molecule is CCCn1cc(Br)cc1C(=O)NC1CCCC(C)C1C. The van der Waals surface area contributed by atoms with Crippen molar-refractivity contribution in [3.8, 4) is 0 Å². The summed E-state index contributed by atoms with van der Waals surface area (Å²) in [5, 5.41) is 3.25. The molecule has 1 N–H and O–H groups in total. The first-order valence-corrected chi connectivity index (χ1v) is 8.48. The number of amides is 1. The number of aryl methyl sites for hydroxylation is 1. The van der Waals surface area contributed by atoms with E-state index in [4.69, 9.17) is 0 Å². The molecule has 1 amide bonds. The van der Waals surface area contributed by atoms with Crippen LogP contribution in [-0.2, 0) is 6.54 Å². The van der Waals surface area contributed by atoms with E-state index in [1.54, 1.807) is 0 Å². The molecule has 20 heavy (non-hydrogen) atoms. The smallest absolute Gasteiger partial charge is 0.268 e. The average Bonchev–Trinajstić information content (AvgIpc) is 2.76. The summed E-state index contributed by atoms with van der Waals surface area (Å²) in [6.45, 7) is 7.56. The van der Waals surface area contributed by atoms with E-state index in [9.17, 15) is 4.79 Å². The molecule has 2 rings (SSSR count). The number of hydrogen-bond acceptors (Lipinski definition) is 1. The van der Waals surface area contributed by atoms with Crippen molar-refractivity contribution >= 4 is 21.8 Å². The van der Waals surface area contributed by atoms with Gasteiger partial charge in [-0.2, -0.15) is 0 Å². The highest BCUT2D eigenvalue weighted by molar-refractivity contribution is 9.10. The number of halogens is 1. The highest BCUT2D eigenvalue weighted by atomic mass is 79.9. The maximum atomic E-state index is 12.5. The van der Waals surface area contributed by atoms with E-state index < -0.39 is 0 Å². The second-order valence-electron chi connectivity index (χ2n) is 6.08. The third-order valence-electron chi connectivity index (χ3n) is 4.58. The molecule has 0 bridgehead atoms. The zero-order chi connectivity index (χ0) is 14.7. The summed E-state index contributed by atoms with van der Waals surface area (Å²) in [6, 6.07) is 2.23. The molecule has 3 unspecified atom stereocenters. The van der Waals surface area contributed by atoms with Gasteiger partial charge in [0.05, 0.1) is 0 Å². The van der Waals surface area contributed by atoms with Crippen molar-refractivity contribution in [2.75, 3.05) is 0 Å². The summed E-state index contributed by atoms with van der Waals surface area (Å²) in [6.07, 6.45) is 6.62. The molecular formula is C16H25BrN2O. The first-order valence-electron chi connectivity index (χ1n) is 7.69. The Kier molecular flexibility index (Phi) is 5.30. The first-order chi connectivity index (χ1) is 9.52. The van der Waals surface area contributed by atoms with Gasteiger partial charge in [-0.05, 0) is 46.7 Å². The molecule has 3 nitrogen and oxygen atoms in total. The second-order valence-corrected chi connectivity index (χ2v) is 7.00. The van der Waals surface area contributed by atoms with Crippen LogP contribution in [0.2, 0.25) is 0 Å². The Labute approximate surface area is 130 Å². The second kappa shape index (κ2) is 6.79. The topological polar surface area (TPSA) is 34.0 Å². The van der Waals surface area contributed by atoms with Gasteiger partial charge >= 0.3 is 0 Å². The van der Waals surface area contributed by atoms with Crippen LogP contribution in [0.1, 0.15) is 56.9 Å². The summed E-state index contributed by atoms with van der Waals surface area (Å²) in [5.74, 6) is 1.32. The Morgan fingerprint density at radius 3 is 2.90 bits per heavy atom. The van der Waals surface area contributed by atoms with Crippen LogP contribution in [0.4, 0.5) is 0 Å². The fraction of sp³-hybridized carbons (Fsp3) is 0.688. The molecule has 1 saturated carbocycles. The Morgan fingerprint density at radius 2 is 2.20 bits per heavy atom. The maximum Gasteiger partial charge on any atom is 0.268 e. The van der Waals surface area contributed by atoms with E-state index in [0.29, 0.717) is 17.9 Å². The van der Waals surface area contributed by atoms with E-state index in [1.165, 1.54) is 12.8 Å². The lowest BCUT2D eigenvalue weighted by Gasteiger charge is -2.34. The van der Waals surface area contributed by atoms with Gasteiger partial charge in [0, 0.05) is 23.3 Å². The fourth-order valence-electron chi connectivity index (χ4n) is 3.12. The normalized spacial score (nSPS) is 26.5. The lowest BCUT2D eigenvalue weighted by Crippen LogP contribution is -2.44. The van der Waals surface area contributed by atoms with Gasteiger partial charge in [-0.1, -0.05) is 33.6 Å². The summed E-state index contributed by atoms with van der Waals surface area (Å²) in [5.41, 5.74) is 0.768. The molecule has 0 radical (unpaired) electrons. The molecule has 0 aromatic carbocycles. The quantitative estimate of drug-likeness (QED) is 0.874. The summed E-state index contributed by atoms with van der Waals surface area (Å²) >= 11 is 3.47. The Morgan fingerprint density at radius 1 is 1.45 bits per heavy atom. The zero-order valence-corrected chi connectivity index (χ0v) is 14.2. The van der Waals surface area contributed by atoms with Gasteiger partial charge in [-0.15, -0.1) is 0 Å². The Hall–Kier alpha value is -0.770. The van der Waals surface area contributed by atoms with Crippen molar-refractivity contribution in [2.45, 2.75) is 59.0 Å². The number of carbonyl (C=O) groups is 1.